The number of benzene rings is 2. The quantitative estimate of drug-likeness (QED) is 0.374. The standard InChI is InChI=1S/C27H28FNO6S/c1-4-29(5-2)13-6-7-18-15-20(28)9-11-23(18)36(32,33)16-19-8-10-21-22-12-14-34-25(22)17(3)35-26(21)24(19)27(30)31/h6-12,14-15,17H,4-5,13,16H2,1-3H3,(H,30,31)/b7-6-/t17-/m0/s1. The molecule has 2 heterocycles. The van der Waals surface area contributed by atoms with Crippen LogP contribution in [0.4, 0.5) is 4.39 Å². The van der Waals surface area contributed by atoms with Gasteiger partial charge in [-0.15, -0.1) is 0 Å². The minimum atomic E-state index is -4.04. The molecule has 0 radical (unpaired) electrons. The smallest absolute Gasteiger partial charge is 0.339 e. The third-order valence-corrected chi connectivity index (χ3v) is 8.05. The van der Waals surface area contributed by atoms with E-state index >= 15 is 0 Å². The van der Waals surface area contributed by atoms with Gasteiger partial charge in [0.15, 0.2) is 21.7 Å². The van der Waals surface area contributed by atoms with Crippen molar-refractivity contribution in [1.29, 1.82) is 0 Å². The van der Waals surface area contributed by atoms with Gasteiger partial charge in [-0.05, 0) is 55.4 Å². The maximum Gasteiger partial charge on any atom is 0.339 e. The number of hydrogen-bond donors (Lipinski definition) is 1. The second kappa shape index (κ2) is 10.3. The first-order valence-electron chi connectivity index (χ1n) is 11.7. The van der Waals surface area contributed by atoms with Crippen molar-refractivity contribution in [2.75, 3.05) is 19.6 Å². The summed E-state index contributed by atoms with van der Waals surface area (Å²) in [5, 5.41) is 10.0. The van der Waals surface area contributed by atoms with Crippen LogP contribution in [0, 0.1) is 5.82 Å². The summed E-state index contributed by atoms with van der Waals surface area (Å²) < 4.78 is 52.4. The number of carbonyl (C=O) groups is 1. The average Bonchev–Trinajstić information content (AvgIpc) is 3.32. The molecule has 1 N–H and O–H groups in total. The van der Waals surface area contributed by atoms with Gasteiger partial charge in [0.25, 0.3) is 0 Å². The molecule has 0 spiro atoms. The van der Waals surface area contributed by atoms with Crippen LogP contribution in [0.3, 0.4) is 0 Å². The molecule has 1 aliphatic rings. The lowest BCUT2D eigenvalue weighted by Gasteiger charge is -2.25. The van der Waals surface area contributed by atoms with E-state index in [4.69, 9.17) is 9.15 Å². The van der Waals surface area contributed by atoms with Crippen LogP contribution in [-0.4, -0.2) is 44.0 Å². The number of nitrogens with zero attached hydrogens (tertiary/aromatic N) is 1. The largest absolute Gasteiger partial charge is 0.481 e. The van der Waals surface area contributed by atoms with Gasteiger partial charge in [-0.3, -0.25) is 0 Å². The van der Waals surface area contributed by atoms with Crippen molar-refractivity contribution in [2.24, 2.45) is 0 Å². The fourth-order valence-electron chi connectivity index (χ4n) is 4.43. The van der Waals surface area contributed by atoms with E-state index in [1.54, 1.807) is 31.2 Å². The summed E-state index contributed by atoms with van der Waals surface area (Å²) in [5.41, 5.74) is 1.32. The van der Waals surface area contributed by atoms with Crippen molar-refractivity contribution in [1.82, 2.24) is 4.90 Å². The van der Waals surface area contributed by atoms with E-state index < -0.39 is 33.5 Å². The number of carboxylic acid groups (broad SMARTS) is 1. The molecule has 190 valence electrons. The van der Waals surface area contributed by atoms with E-state index in [9.17, 15) is 22.7 Å². The van der Waals surface area contributed by atoms with E-state index in [-0.39, 0.29) is 27.3 Å². The summed E-state index contributed by atoms with van der Waals surface area (Å²) >= 11 is 0. The number of likely N-dealkylation sites (N-methyl/N-ethyl adjacent to an activating group) is 1. The van der Waals surface area contributed by atoms with Gasteiger partial charge < -0.3 is 19.2 Å². The predicted molar refractivity (Wildman–Crippen MR) is 134 cm³/mol. The molecule has 4 rings (SSSR count). The van der Waals surface area contributed by atoms with Gasteiger partial charge in [-0.2, -0.15) is 0 Å². The van der Waals surface area contributed by atoms with Gasteiger partial charge in [0.05, 0.1) is 16.9 Å². The fraction of sp³-hybridized carbons (Fsp3) is 0.296. The first kappa shape index (κ1) is 25.7. The number of furan rings is 1. The molecule has 0 bridgehead atoms. The average molecular weight is 514 g/mol. The highest BCUT2D eigenvalue weighted by molar-refractivity contribution is 7.90. The second-order valence-corrected chi connectivity index (χ2v) is 10.5. The van der Waals surface area contributed by atoms with Crippen molar-refractivity contribution in [3.05, 3.63) is 77.0 Å². The minimum absolute atomic E-state index is 0.0693. The molecular weight excluding hydrogens is 485 g/mol. The Bertz CT molecular complexity index is 1420. The molecule has 0 saturated heterocycles. The Hall–Kier alpha value is -3.43. The zero-order valence-electron chi connectivity index (χ0n) is 20.3. The first-order chi connectivity index (χ1) is 17.2. The maximum absolute atomic E-state index is 14.0. The highest BCUT2D eigenvalue weighted by atomic mass is 32.2. The molecule has 1 aliphatic heterocycles. The minimum Gasteiger partial charge on any atom is -0.481 e. The molecule has 9 heteroatoms. The van der Waals surface area contributed by atoms with E-state index in [1.807, 2.05) is 13.8 Å². The van der Waals surface area contributed by atoms with E-state index in [0.29, 0.717) is 23.4 Å². The van der Waals surface area contributed by atoms with Crippen molar-refractivity contribution in [2.45, 2.75) is 37.5 Å². The third-order valence-electron chi connectivity index (χ3n) is 6.31. The molecule has 0 amide bonds. The van der Waals surface area contributed by atoms with Gasteiger partial charge in [0, 0.05) is 17.7 Å². The van der Waals surface area contributed by atoms with E-state index in [1.165, 1.54) is 24.5 Å². The molecule has 2 aromatic carbocycles. The Morgan fingerprint density at radius 1 is 1.14 bits per heavy atom. The number of ether oxygens (including phenoxy) is 1. The maximum atomic E-state index is 14.0. The van der Waals surface area contributed by atoms with Gasteiger partial charge in [-0.1, -0.05) is 38.1 Å². The lowest BCUT2D eigenvalue weighted by molar-refractivity contribution is 0.0687. The SMILES string of the molecule is CCN(CC)C/C=C\c1cc(F)ccc1S(=O)(=O)Cc1ccc2c(c1C(=O)O)O[C@@H](C)c1occc1-2. The number of halogens is 1. The van der Waals surface area contributed by atoms with Gasteiger partial charge in [0.2, 0.25) is 0 Å². The molecule has 0 saturated carbocycles. The van der Waals surface area contributed by atoms with Gasteiger partial charge in [0.1, 0.15) is 17.1 Å². The van der Waals surface area contributed by atoms with E-state index in [2.05, 4.69) is 4.90 Å². The fourth-order valence-corrected chi connectivity index (χ4v) is 5.99. The van der Waals surface area contributed by atoms with Crippen LogP contribution in [0.1, 0.15) is 54.1 Å². The Balaban J connectivity index is 1.73. The topological polar surface area (TPSA) is 97.1 Å². The summed E-state index contributed by atoms with van der Waals surface area (Å²) in [6.07, 6.45) is 4.35. The van der Waals surface area contributed by atoms with Crippen molar-refractivity contribution < 1.29 is 31.9 Å². The monoisotopic (exact) mass is 513 g/mol. The number of aromatic carboxylic acids is 1. The van der Waals surface area contributed by atoms with Crippen LogP contribution in [0.25, 0.3) is 17.2 Å². The van der Waals surface area contributed by atoms with Crippen LogP contribution < -0.4 is 4.74 Å². The van der Waals surface area contributed by atoms with Crippen LogP contribution in [0.5, 0.6) is 5.75 Å². The van der Waals surface area contributed by atoms with Crippen molar-refractivity contribution >= 4 is 21.9 Å². The molecule has 7 nitrogen and oxygen atoms in total. The van der Waals surface area contributed by atoms with Crippen LogP contribution in [0.2, 0.25) is 0 Å². The number of sulfone groups is 1. The molecule has 0 fully saturated rings. The summed E-state index contributed by atoms with van der Waals surface area (Å²) in [5.74, 6) is -1.76. The zero-order chi connectivity index (χ0) is 26.0. The number of carboxylic acids is 1. The summed E-state index contributed by atoms with van der Waals surface area (Å²) in [4.78, 5) is 14.3. The summed E-state index contributed by atoms with van der Waals surface area (Å²) in [6.45, 7) is 8.01. The number of rotatable bonds is 9. The third kappa shape index (κ3) is 4.94. The molecule has 0 unspecified atom stereocenters. The Labute approximate surface area is 209 Å². The highest BCUT2D eigenvalue weighted by Gasteiger charge is 2.32. The van der Waals surface area contributed by atoms with Crippen LogP contribution >= 0.6 is 0 Å². The molecule has 0 aliphatic carbocycles. The Morgan fingerprint density at radius 3 is 2.58 bits per heavy atom. The Kier molecular flexibility index (Phi) is 7.33. The zero-order valence-corrected chi connectivity index (χ0v) is 21.1. The van der Waals surface area contributed by atoms with Crippen LogP contribution in [-0.2, 0) is 15.6 Å². The van der Waals surface area contributed by atoms with Gasteiger partial charge >= 0.3 is 5.97 Å². The predicted octanol–water partition coefficient (Wildman–Crippen LogP) is 5.57. The first-order valence-corrected chi connectivity index (χ1v) is 13.4. The normalized spacial score (nSPS) is 15.1. The molecular formula is C27H28FNO6S. The highest BCUT2D eigenvalue weighted by Crippen LogP contribution is 2.46. The van der Waals surface area contributed by atoms with Crippen molar-refractivity contribution in [3.63, 3.8) is 0 Å². The number of hydrogen-bond acceptors (Lipinski definition) is 6. The molecule has 1 atom stereocenters. The van der Waals surface area contributed by atoms with Crippen molar-refractivity contribution in [3.8, 4) is 16.9 Å². The second-order valence-electron chi connectivity index (χ2n) is 8.57. The summed E-state index contributed by atoms with van der Waals surface area (Å²) in [7, 11) is -4.04. The van der Waals surface area contributed by atoms with Gasteiger partial charge in [-0.25, -0.2) is 17.6 Å². The van der Waals surface area contributed by atoms with Crippen LogP contribution in [0.15, 0.2) is 58.1 Å². The Morgan fingerprint density at radius 2 is 1.89 bits per heavy atom. The van der Waals surface area contributed by atoms with E-state index in [0.717, 1.165) is 19.2 Å². The lowest BCUT2D eigenvalue weighted by Crippen LogP contribution is -2.22. The summed E-state index contributed by atoms with van der Waals surface area (Å²) in [6, 6.07) is 8.33. The number of fused-ring (bicyclic) bond motifs is 3. The molecule has 36 heavy (non-hydrogen) atoms. The molecule has 1 aromatic heterocycles. The molecule has 3 aromatic rings. The lowest BCUT2D eigenvalue weighted by atomic mass is 9.95.